The molecule has 3 heterocycles. The van der Waals surface area contributed by atoms with Crippen LogP contribution in [0, 0.1) is 11.6 Å². The van der Waals surface area contributed by atoms with E-state index in [0.717, 1.165) is 34.0 Å². The van der Waals surface area contributed by atoms with Crippen molar-refractivity contribution in [3.8, 4) is 0 Å². The van der Waals surface area contributed by atoms with E-state index in [1.807, 2.05) is 41.5 Å². The minimum Gasteiger partial charge on any atom is -0.387 e. The number of aliphatic imine (C=N–C) groups is 1. The van der Waals surface area contributed by atoms with Crippen LogP contribution in [0.25, 0.3) is 11.3 Å². The third-order valence-corrected chi connectivity index (χ3v) is 6.32. The highest BCUT2D eigenvalue weighted by Gasteiger charge is 2.20. The second-order valence-electron chi connectivity index (χ2n) is 8.91. The van der Waals surface area contributed by atoms with Crippen molar-refractivity contribution in [2.45, 2.75) is 13.1 Å². The molecule has 0 saturated heterocycles. The Labute approximate surface area is 227 Å². The molecule has 4 N–H and O–H groups in total. The molecule has 198 valence electrons. The molecule has 0 amide bonds. The molecule has 2 aliphatic rings. The van der Waals surface area contributed by atoms with E-state index in [-0.39, 0.29) is 0 Å². The van der Waals surface area contributed by atoms with Crippen molar-refractivity contribution in [2.24, 2.45) is 10.7 Å². The maximum atomic E-state index is 13.7. The molecule has 0 unspecified atom stereocenters. The van der Waals surface area contributed by atoms with Gasteiger partial charge in [-0.1, -0.05) is 44.5 Å². The van der Waals surface area contributed by atoms with E-state index < -0.39 is 11.6 Å². The zero-order valence-electron chi connectivity index (χ0n) is 21.8. The third kappa shape index (κ3) is 5.96. The molecule has 1 aromatic carbocycles. The highest BCUT2D eigenvalue weighted by atomic mass is 19.2. The van der Waals surface area contributed by atoms with Crippen LogP contribution in [0.4, 0.5) is 8.78 Å². The fourth-order valence-corrected chi connectivity index (χ4v) is 4.18. The van der Waals surface area contributed by atoms with Gasteiger partial charge in [-0.2, -0.15) is 0 Å². The maximum absolute atomic E-state index is 13.7. The van der Waals surface area contributed by atoms with Gasteiger partial charge in [-0.25, -0.2) is 18.8 Å². The summed E-state index contributed by atoms with van der Waals surface area (Å²) in [5.41, 5.74) is 13.4. The number of pyridine rings is 1. The first-order valence-electron chi connectivity index (χ1n) is 12.2. The number of nitrogens with two attached hydrogens (primary N) is 1. The van der Waals surface area contributed by atoms with E-state index >= 15 is 0 Å². The lowest BCUT2D eigenvalue weighted by Crippen LogP contribution is -2.24. The molecule has 0 saturated carbocycles. The quantitative estimate of drug-likeness (QED) is 0.386. The van der Waals surface area contributed by atoms with Crippen LogP contribution in [0.15, 0.2) is 121 Å². The van der Waals surface area contributed by atoms with Gasteiger partial charge in [0.25, 0.3) is 0 Å². The summed E-state index contributed by atoms with van der Waals surface area (Å²) in [5, 5.41) is 6.39. The van der Waals surface area contributed by atoms with Crippen LogP contribution in [-0.2, 0) is 13.1 Å². The van der Waals surface area contributed by atoms with Gasteiger partial charge in [0.1, 0.15) is 5.84 Å². The Balaban J connectivity index is 1.51. The number of rotatable bonds is 10. The summed E-state index contributed by atoms with van der Waals surface area (Å²) >= 11 is 0. The fraction of sp³-hybridized carbons (Fsp3) is 0.0968. The average Bonchev–Trinajstić information content (AvgIpc) is 3.30. The molecule has 8 heteroatoms. The van der Waals surface area contributed by atoms with Crippen LogP contribution >= 0.6 is 0 Å². The van der Waals surface area contributed by atoms with Gasteiger partial charge < -0.3 is 21.3 Å². The predicted octanol–water partition coefficient (Wildman–Crippen LogP) is 5.45. The molecular formula is C31H30F2N6. The SMILES string of the molecule is C=C/C=C1/C(c2cc(CNC(=C)C3=CC=CN(Cc4ccc(F)c(F)c4)C3=C)nc(C(=C)NC)c2)=CN=C1N. The Bertz CT molecular complexity index is 1520. The Morgan fingerprint density at radius 1 is 1.13 bits per heavy atom. The van der Waals surface area contributed by atoms with Gasteiger partial charge in [0.2, 0.25) is 0 Å². The molecule has 6 nitrogen and oxygen atoms in total. The van der Waals surface area contributed by atoms with E-state index in [4.69, 9.17) is 10.7 Å². The number of hydrogen-bond donors (Lipinski definition) is 3. The molecular weight excluding hydrogens is 494 g/mol. The first kappa shape index (κ1) is 27.1. The summed E-state index contributed by atoms with van der Waals surface area (Å²) in [4.78, 5) is 10.9. The summed E-state index contributed by atoms with van der Waals surface area (Å²) < 4.78 is 27.0. The van der Waals surface area contributed by atoms with Crippen LogP contribution < -0.4 is 16.4 Å². The fourth-order valence-electron chi connectivity index (χ4n) is 4.18. The number of benzene rings is 1. The minimum absolute atomic E-state index is 0.330. The second kappa shape index (κ2) is 11.6. The topological polar surface area (TPSA) is 78.6 Å². The average molecular weight is 525 g/mol. The maximum Gasteiger partial charge on any atom is 0.159 e. The van der Waals surface area contributed by atoms with Crippen LogP contribution in [0.3, 0.4) is 0 Å². The Hall–Kier alpha value is -4.98. The smallest absolute Gasteiger partial charge is 0.159 e. The van der Waals surface area contributed by atoms with Gasteiger partial charge in [0.15, 0.2) is 11.6 Å². The Morgan fingerprint density at radius 2 is 1.92 bits per heavy atom. The van der Waals surface area contributed by atoms with Crippen molar-refractivity contribution in [1.29, 1.82) is 0 Å². The molecule has 0 spiro atoms. The monoisotopic (exact) mass is 524 g/mol. The van der Waals surface area contributed by atoms with Gasteiger partial charge in [-0.3, -0.25) is 0 Å². The number of halogens is 2. The largest absolute Gasteiger partial charge is 0.387 e. The molecule has 0 aliphatic carbocycles. The van der Waals surface area contributed by atoms with Gasteiger partial charge in [-0.15, -0.1) is 0 Å². The van der Waals surface area contributed by atoms with Crippen LogP contribution in [0.5, 0.6) is 0 Å². The number of hydrogen-bond acceptors (Lipinski definition) is 6. The van der Waals surface area contributed by atoms with E-state index in [0.29, 0.717) is 47.3 Å². The number of nitrogens with one attached hydrogen (secondary N) is 2. The normalized spacial score (nSPS) is 15.6. The van der Waals surface area contributed by atoms with Crippen molar-refractivity contribution in [2.75, 3.05) is 7.05 Å². The number of aromatic nitrogens is 1. The summed E-state index contributed by atoms with van der Waals surface area (Å²) in [5.74, 6) is -1.34. The summed E-state index contributed by atoms with van der Waals surface area (Å²) in [6.07, 6.45) is 10.8. The molecule has 1 aromatic heterocycles. The van der Waals surface area contributed by atoms with E-state index in [9.17, 15) is 8.78 Å². The van der Waals surface area contributed by atoms with Crippen molar-refractivity contribution >= 4 is 17.1 Å². The van der Waals surface area contributed by atoms with Crippen molar-refractivity contribution in [3.05, 3.63) is 150 Å². The van der Waals surface area contributed by atoms with E-state index in [1.54, 1.807) is 25.4 Å². The molecule has 0 atom stereocenters. The predicted molar refractivity (Wildman–Crippen MR) is 154 cm³/mol. The highest BCUT2D eigenvalue weighted by molar-refractivity contribution is 6.15. The van der Waals surface area contributed by atoms with Crippen molar-refractivity contribution in [1.82, 2.24) is 20.5 Å². The lowest BCUT2D eigenvalue weighted by molar-refractivity contribution is 0.457. The lowest BCUT2D eigenvalue weighted by atomic mass is 9.98. The van der Waals surface area contributed by atoms with Crippen LogP contribution in [-0.4, -0.2) is 22.8 Å². The highest BCUT2D eigenvalue weighted by Crippen LogP contribution is 2.30. The number of allylic oxidation sites excluding steroid dienone is 4. The minimum atomic E-state index is -0.884. The first-order chi connectivity index (χ1) is 18.7. The lowest BCUT2D eigenvalue weighted by Gasteiger charge is -2.28. The van der Waals surface area contributed by atoms with Gasteiger partial charge >= 0.3 is 0 Å². The Morgan fingerprint density at radius 3 is 2.64 bits per heavy atom. The van der Waals surface area contributed by atoms with Crippen LogP contribution in [0.2, 0.25) is 0 Å². The summed E-state index contributed by atoms with van der Waals surface area (Å²) in [6.45, 7) is 16.9. The zero-order valence-corrected chi connectivity index (χ0v) is 21.8. The molecule has 0 fully saturated rings. The molecule has 0 radical (unpaired) electrons. The number of nitrogens with zero attached hydrogens (tertiary/aromatic N) is 3. The molecule has 0 bridgehead atoms. The molecule has 2 aromatic rings. The third-order valence-electron chi connectivity index (χ3n) is 6.32. The van der Waals surface area contributed by atoms with Crippen molar-refractivity contribution < 1.29 is 8.78 Å². The first-order valence-corrected chi connectivity index (χ1v) is 12.2. The molecule has 39 heavy (non-hydrogen) atoms. The Kier molecular flexibility index (Phi) is 8.05. The molecule has 4 rings (SSSR count). The van der Waals surface area contributed by atoms with E-state index in [2.05, 4.69) is 41.9 Å². The van der Waals surface area contributed by atoms with Crippen LogP contribution in [0.1, 0.15) is 22.5 Å². The molecule has 2 aliphatic heterocycles. The van der Waals surface area contributed by atoms with Gasteiger partial charge in [-0.05, 0) is 47.5 Å². The van der Waals surface area contributed by atoms with E-state index in [1.165, 1.54) is 6.07 Å². The van der Waals surface area contributed by atoms with Gasteiger partial charge in [0, 0.05) is 54.1 Å². The van der Waals surface area contributed by atoms with Crippen molar-refractivity contribution in [3.63, 3.8) is 0 Å². The zero-order chi connectivity index (χ0) is 28.1. The summed E-state index contributed by atoms with van der Waals surface area (Å²) in [7, 11) is 1.79. The number of amidine groups is 1. The van der Waals surface area contributed by atoms with Gasteiger partial charge in [0.05, 0.1) is 23.6 Å². The summed E-state index contributed by atoms with van der Waals surface area (Å²) in [6, 6.07) is 7.75. The second-order valence-corrected chi connectivity index (χ2v) is 8.91. The standard InChI is InChI=1S/C31H30F2N6/c1-6-8-26-27(17-37-31(26)34)23-14-24(38-30(15-23)20(3)35-5)16-36-19(2)25-9-7-12-39(21(25)4)18-22-10-11-28(32)29(33)13-22/h6-15,17,35-36H,1-4,16,18H2,5H3,(H2,34,37)/b26-8-.